The molecule has 2 aromatic carbocycles. The highest BCUT2D eigenvalue weighted by molar-refractivity contribution is 7.88. The molecule has 1 aliphatic rings. The number of carbonyl (C=O) groups is 2. The molecule has 0 spiro atoms. The van der Waals surface area contributed by atoms with Gasteiger partial charge in [0.05, 0.1) is 17.0 Å². The molecule has 0 aliphatic carbocycles. The van der Waals surface area contributed by atoms with E-state index in [0.29, 0.717) is 34.7 Å². The summed E-state index contributed by atoms with van der Waals surface area (Å²) in [5.41, 5.74) is 1.43. The number of piperidine rings is 1. The number of sulfonamides is 1. The monoisotopic (exact) mass is 491 g/mol. The van der Waals surface area contributed by atoms with Crippen LogP contribution in [0.1, 0.15) is 49.0 Å². The van der Waals surface area contributed by atoms with Gasteiger partial charge in [0, 0.05) is 30.1 Å². The lowest BCUT2D eigenvalue weighted by Gasteiger charge is -2.30. The molecule has 3 rings (SSSR count). The Morgan fingerprint density at radius 2 is 1.73 bits per heavy atom. The molecule has 0 saturated carbocycles. The Morgan fingerprint density at radius 3 is 2.39 bits per heavy atom. The lowest BCUT2D eigenvalue weighted by atomic mass is 9.97. The molecule has 0 radical (unpaired) electrons. The molecule has 1 atom stereocenters. The van der Waals surface area contributed by atoms with Crippen LogP contribution >= 0.6 is 11.6 Å². The van der Waals surface area contributed by atoms with Crippen molar-refractivity contribution in [3.8, 4) is 0 Å². The fourth-order valence-corrected chi connectivity index (χ4v) is 5.60. The Hall–Kier alpha value is -2.42. The van der Waals surface area contributed by atoms with E-state index in [1.807, 2.05) is 13.8 Å². The van der Waals surface area contributed by atoms with E-state index in [1.165, 1.54) is 4.31 Å². The maximum atomic E-state index is 12.9. The number of para-hydroxylation sites is 1. The summed E-state index contributed by atoms with van der Waals surface area (Å²) in [6.45, 7) is 4.44. The Morgan fingerprint density at radius 1 is 1.09 bits per heavy atom. The molecule has 0 aromatic heterocycles. The number of halogens is 1. The first-order valence-electron chi connectivity index (χ1n) is 11.1. The van der Waals surface area contributed by atoms with Gasteiger partial charge in [-0.25, -0.2) is 12.7 Å². The fourth-order valence-electron chi connectivity index (χ4n) is 3.73. The predicted octanol–water partition coefficient (Wildman–Crippen LogP) is 4.05. The van der Waals surface area contributed by atoms with E-state index in [1.54, 1.807) is 48.5 Å². The number of hydrogen-bond acceptors (Lipinski definition) is 4. The number of nitrogens with one attached hydrogen (secondary N) is 2. The van der Waals surface area contributed by atoms with Crippen molar-refractivity contribution in [2.75, 3.05) is 18.4 Å². The first-order valence-corrected chi connectivity index (χ1v) is 13.1. The minimum atomic E-state index is -3.53. The zero-order chi connectivity index (χ0) is 24.0. The van der Waals surface area contributed by atoms with Crippen molar-refractivity contribution in [2.24, 2.45) is 5.92 Å². The van der Waals surface area contributed by atoms with Crippen LogP contribution in [-0.4, -0.2) is 43.7 Å². The molecule has 1 aliphatic heterocycles. The number of anilines is 1. The van der Waals surface area contributed by atoms with E-state index < -0.39 is 10.0 Å². The molecule has 178 valence electrons. The summed E-state index contributed by atoms with van der Waals surface area (Å²) in [5, 5.41) is 6.20. The number of hydrogen-bond donors (Lipinski definition) is 2. The number of rotatable bonds is 8. The van der Waals surface area contributed by atoms with Crippen LogP contribution in [0.25, 0.3) is 0 Å². The van der Waals surface area contributed by atoms with E-state index in [0.717, 1.165) is 6.42 Å². The summed E-state index contributed by atoms with van der Waals surface area (Å²) >= 11 is 6.12. The normalized spacial score (nSPS) is 16.2. The summed E-state index contributed by atoms with van der Waals surface area (Å²) in [6, 6.07) is 13.8. The molecular weight excluding hydrogens is 462 g/mol. The third-order valence-corrected chi connectivity index (χ3v) is 8.13. The van der Waals surface area contributed by atoms with Crippen LogP contribution < -0.4 is 10.6 Å². The number of amides is 2. The molecular formula is C24H30ClN3O4S. The van der Waals surface area contributed by atoms with Crippen LogP contribution in [0.3, 0.4) is 0 Å². The Labute approximate surface area is 200 Å². The van der Waals surface area contributed by atoms with Crippen LogP contribution in [0.2, 0.25) is 5.02 Å². The molecule has 2 aromatic rings. The molecule has 1 fully saturated rings. The third-order valence-electron chi connectivity index (χ3n) is 5.93. The predicted molar refractivity (Wildman–Crippen MR) is 131 cm³/mol. The average molecular weight is 492 g/mol. The molecule has 1 heterocycles. The highest BCUT2D eigenvalue weighted by Gasteiger charge is 2.32. The quantitative estimate of drug-likeness (QED) is 0.582. The number of nitrogens with zero attached hydrogens (tertiary/aromatic N) is 1. The highest BCUT2D eigenvalue weighted by atomic mass is 35.5. The van der Waals surface area contributed by atoms with Crippen LogP contribution in [0, 0.1) is 5.92 Å². The van der Waals surface area contributed by atoms with Crippen LogP contribution in [0.4, 0.5) is 5.69 Å². The third kappa shape index (κ3) is 6.56. The zero-order valence-electron chi connectivity index (χ0n) is 18.9. The molecule has 9 heteroatoms. The van der Waals surface area contributed by atoms with Gasteiger partial charge >= 0.3 is 0 Å². The zero-order valence-corrected chi connectivity index (χ0v) is 20.5. The van der Waals surface area contributed by atoms with Gasteiger partial charge in [-0.3, -0.25) is 9.59 Å². The second-order valence-electron chi connectivity index (χ2n) is 8.34. The summed E-state index contributed by atoms with van der Waals surface area (Å²) in [6.07, 6.45) is 1.63. The number of carbonyl (C=O) groups excluding carboxylic acids is 2. The molecule has 1 saturated heterocycles. The molecule has 2 N–H and O–H groups in total. The number of benzene rings is 2. The minimum absolute atomic E-state index is 0.0262. The van der Waals surface area contributed by atoms with E-state index >= 15 is 0 Å². The van der Waals surface area contributed by atoms with Gasteiger partial charge in [0.2, 0.25) is 15.9 Å². The largest absolute Gasteiger partial charge is 0.350 e. The van der Waals surface area contributed by atoms with E-state index in [2.05, 4.69) is 10.6 Å². The second-order valence-corrected chi connectivity index (χ2v) is 10.7. The lowest BCUT2D eigenvalue weighted by molar-refractivity contribution is -0.120. The van der Waals surface area contributed by atoms with Crippen LogP contribution in [-0.2, 0) is 20.6 Å². The molecule has 33 heavy (non-hydrogen) atoms. The SMILES string of the molecule is CC[C@H](C)NC(=O)c1ccccc1NC(=O)C1CCN(S(=O)(=O)Cc2ccccc2Cl)CC1. The van der Waals surface area contributed by atoms with Crippen molar-refractivity contribution in [1.29, 1.82) is 0 Å². The maximum absolute atomic E-state index is 12.9. The van der Waals surface area contributed by atoms with Gasteiger partial charge in [0.25, 0.3) is 5.91 Å². The minimum Gasteiger partial charge on any atom is -0.350 e. The van der Waals surface area contributed by atoms with Gasteiger partial charge < -0.3 is 10.6 Å². The van der Waals surface area contributed by atoms with Gasteiger partial charge in [-0.1, -0.05) is 48.9 Å². The summed E-state index contributed by atoms with van der Waals surface area (Å²) in [4.78, 5) is 25.5. The maximum Gasteiger partial charge on any atom is 0.253 e. The van der Waals surface area contributed by atoms with E-state index in [9.17, 15) is 18.0 Å². The first-order chi connectivity index (χ1) is 15.7. The van der Waals surface area contributed by atoms with Crippen molar-refractivity contribution >= 4 is 39.1 Å². The average Bonchev–Trinajstić information content (AvgIpc) is 2.80. The lowest BCUT2D eigenvalue weighted by Crippen LogP contribution is -2.42. The van der Waals surface area contributed by atoms with Gasteiger partial charge in [-0.05, 0) is 49.9 Å². The van der Waals surface area contributed by atoms with Crippen molar-refractivity contribution < 1.29 is 18.0 Å². The second kappa shape index (κ2) is 11.1. The Kier molecular flexibility index (Phi) is 8.51. The van der Waals surface area contributed by atoms with Gasteiger partial charge in [0.15, 0.2) is 0 Å². The van der Waals surface area contributed by atoms with Crippen LogP contribution in [0.15, 0.2) is 48.5 Å². The Bertz CT molecular complexity index is 1100. The highest BCUT2D eigenvalue weighted by Crippen LogP contribution is 2.26. The van der Waals surface area contributed by atoms with Crippen molar-refractivity contribution in [3.05, 3.63) is 64.7 Å². The summed E-state index contributed by atoms with van der Waals surface area (Å²) < 4.78 is 27.1. The van der Waals surface area contributed by atoms with Crippen LogP contribution in [0.5, 0.6) is 0 Å². The summed E-state index contributed by atoms with van der Waals surface area (Å²) in [7, 11) is -3.53. The fraction of sp³-hybridized carbons (Fsp3) is 0.417. The van der Waals surface area contributed by atoms with Gasteiger partial charge in [-0.2, -0.15) is 0 Å². The van der Waals surface area contributed by atoms with Crippen molar-refractivity contribution in [1.82, 2.24) is 9.62 Å². The van der Waals surface area contributed by atoms with Crippen molar-refractivity contribution in [3.63, 3.8) is 0 Å². The standard InChI is InChI=1S/C24H30ClN3O4S/c1-3-17(2)26-24(30)20-9-5-7-11-22(20)27-23(29)18-12-14-28(15-13-18)33(31,32)16-19-8-4-6-10-21(19)25/h4-11,17-18H,3,12-16H2,1-2H3,(H,26,30)(H,27,29)/t17-/m0/s1. The Balaban J connectivity index is 1.60. The van der Waals surface area contributed by atoms with Gasteiger partial charge in [0.1, 0.15) is 0 Å². The van der Waals surface area contributed by atoms with Crippen molar-refractivity contribution in [2.45, 2.75) is 44.9 Å². The molecule has 2 amide bonds. The van der Waals surface area contributed by atoms with E-state index in [4.69, 9.17) is 11.6 Å². The summed E-state index contributed by atoms with van der Waals surface area (Å²) in [5.74, 6) is -0.938. The van der Waals surface area contributed by atoms with E-state index in [-0.39, 0.29) is 42.6 Å². The smallest absolute Gasteiger partial charge is 0.253 e. The molecule has 0 unspecified atom stereocenters. The van der Waals surface area contributed by atoms with Gasteiger partial charge in [-0.15, -0.1) is 0 Å². The molecule has 0 bridgehead atoms. The molecule has 7 nitrogen and oxygen atoms in total. The topological polar surface area (TPSA) is 95.6 Å². The first kappa shape index (κ1) is 25.2.